The second-order valence-corrected chi connectivity index (χ2v) is 8.96. The zero-order valence-electron chi connectivity index (χ0n) is 9.33. The van der Waals surface area contributed by atoms with Gasteiger partial charge in [0.1, 0.15) is 4.21 Å². The lowest BCUT2D eigenvalue weighted by molar-refractivity contribution is 0.603. The van der Waals surface area contributed by atoms with Crippen LogP contribution in [-0.2, 0) is 10.0 Å². The molecule has 98 valence electrons. The van der Waals surface area contributed by atoms with E-state index in [0.717, 1.165) is 14.0 Å². The highest BCUT2D eigenvalue weighted by Gasteiger charge is 2.16. The first-order chi connectivity index (χ1) is 9.04. The minimum absolute atomic E-state index is 0.281. The van der Waals surface area contributed by atoms with E-state index in [9.17, 15) is 8.42 Å². The van der Waals surface area contributed by atoms with Gasteiger partial charge >= 0.3 is 0 Å². The number of thiazole rings is 1. The molecule has 0 saturated carbocycles. The lowest BCUT2D eigenvalue weighted by Crippen LogP contribution is -2.11. The molecule has 8 heteroatoms. The Hall–Kier alpha value is -0.960. The molecule has 3 rings (SSSR count). The number of hydrogen-bond acceptors (Lipinski definition) is 5. The van der Waals surface area contributed by atoms with Crippen LogP contribution in [0.3, 0.4) is 0 Å². The van der Waals surface area contributed by atoms with Gasteiger partial charge in [0, 0.05) is 0 Å². The van der Waals surface area contributed by atoms with Gasteiger partial charge in [-0.25, -0.2) is 13.4 Å². The van der Waals surface area contributed by atoms with Crippen molar-refractivity contribution in [1.82, 2.24) is 4.98 Å². The number of anilines is 1. The zero-order chi connectivity index (χ0) is 13.5. The van der Waals surface area contributed by atoms with E-state index in [0.29, 0.717) is 5.69 Å². The van der Waals surface area contributed by atoms with Crippen LogP contribution in [0.15, 0.2) is 43.8 Å². The van der Waals surface area contributed by atoms with Gasteiger partial charge in [0.2, 0.25) is 0 Å². The third-order valence-corrected chi connectivity index (χ3v) is 6.69. The number of thiophene rings is 1. The summed E-state index contributed by atoms with van der Waals surface area (Å²) in [5.74, 6) is 0. The number of hydrogen-bond donors (Lipinski definition) is 1. The molecular formula is C11H7BrN2O2S3. The molecule has 3 aromatic rings. The normalized spacial score (nSPS) is 11.8. The fraction of sp³-hybridized carbons (Fsp3) is 0. The molecule has 2 heterocycles. The van der Waals surface area contributed by atoms with Crippen molar-refractivity contribution in [2.45, 2.75) is 4.21 Å². The minimum atomic E-state index is -3.52. The van der Waals surface area contributed by atoms with Gasteiger partial charge in [-0.3, -0.25) is 4.72 Å². The average molecular weight is 375 g/mol. The first-order valence-corrected chi connectivity index (χ1v) is 9.13. The summed E-state index contributed by atoms with van der Waals surface area (Å²) < 4.78 is 28.9. The molecule has 4 nitrogen and oxygen atoms in total. The third-order valence-electron chi connectivity index (χ3n) is 2.40. The van der Waals surface area contributed by atoms with Gasteiger partial charge in [-0.15, -0.1) is 22.7 Å². The van der Waals surface area contributed by atoms with Crippen LogP contribution in [0.4, 0.5) is 5.69 Å². The van der Waals surface area contributed by atoms with Crippen molar-refractivity contribution in [3.63, 3.8) is 0 Å². The maximum Gasteiger partial charge on any atom is 0.271 e. The van der Waals surface area contributed by atoms with E-state index < -0.39 is 10.0 Å². The predicted molar refractivity (Wildman–Crippen MR) is 82.4 cm³/mol. The largest absolute Gasteiger partial charge is 0.279 e. The van der Waals surface area contributed by atoms with Gasteiger partial charge in [-0.2, -0.15) is 0 Å². The highest BCUT2D eigenvalue weighted by Crippen LogP contribution is 2.28. The first kappa shape index (κ1) is 13.0. The van der Waals surface area contributed by atoms with E-state index in [1.165, 1.54) is 22.7 Å². The minimum Gasteiger partial charge on any atom is -0.279 e. The van der Waals surface area contributed by atoms with Crippen LogP contribution in [0.5, 0.6) is 0 Å². The van der Waals surface area contributed by atoms with Crippen LogP contribution in [0, 0.1) is 0 Å². The number of nitrogens with zero attached hydrogens (tertiary/aromatic N) is 1. The molecule has 0 aliphatic carbocycles. The van der Waals surface area contributed by atoms with Crippen molar-refractivity contribution < 1.29 is 8.42 Å². The van der Waals surface area contributed by atoms with Crippen LogP contribution in [0.1, 0.15) is 0 Å². The summed E-state index contributed by atoms with van der Waals surface area (Å²) in [5.41, 5.74) is 3.15. The Labute approximate surface area is 126 Å². The van der Waals surface area contributed by atoms with E-state index in [2.05, 4.69) is 25.6 Å². The van der Waals surface area contributed by atoms with Gasteiger partial charge in [0.15, 0.2) is 0 Å². The molecule has 0 saturated heterocycles. The van der Waals surface area contributed by atoms with Crippen molar-refractivity contribution in [2.24, 2.45) is 0 Å². The summed E-state index contributed by atoms with van der Waals surface area (Å²) in [6.45, 7) is 0. The molecule has 0 amide bonds. The average Bonchev–Trinajstić information content (AvgIpc) is 2.96. The molecule has 2 aromatic heterocycles. The highest BCUT2D eigenvalue weighted by atomic mass is 79.9. The first-order valence-electron chi connectivity index (χ1n) is 5.16. The standard InChI is InChI=1S/C11H7BrN2O2S3/c12-10-3-4-11(18-10)19(15,16)14-7-1-2-8-9(5-7)17-6-13-8/h1-6,14H. The summed E-state index contributed by atoms with van der Waals surface area (Å²) in [7, 11) is -3.52. The Bertz CT molecular complexity index is 838. The number of sulfonamides is 1. The summed E-state index contributed by atoms with van der Waals surface area (Å²) in [4.78, 5) is 4.15. The highest BCUT2D eigenvalue weighted by molar-refractivity contribution is 9.11. The van der Waals surface area contributed by atoms with Crippen LogP contribution in [-0.4, -0.2) is 13.4 Å². The molecule has 0 radical (unpaired) electrons. The zero-order valence-corrected chi connectivity index (χ0v) is 13.4. The summed E-state index contributed by atoms with van der Waals surface area (Å²) in [5, 5.41) is 0. The number of fused-ring (bicyclic) bond motifs is 1. The molecule has 19 heavy (non-hydrogen) atoms. The number of halogens is 1. The van der Waals surface area contributed by atoms with E-state index in [1.807, 2.05) is 0 Å². The fourth-order valence-corrected chi connectivity index (χ4v) is 5.34. The van der Waals surface area contributed by atoms with Crippen LogP contribution >= 0.6 is 38.6 Å². The Morgan fingerprint density at radius 1 is 1.21 bits per heavy atom. The molecule has 0 fully saturated rings. The van der Waals surface area contributed by atoms with Gasteiger partial charge in [-0.05, 0) is 46.3 Å². The van der Waals surface area contributed by atoms with Crippen molar-refractivity contribution in [3.8, 4) is 0 Å². The van der Waals surface area contributed by atoms with Crippen LogP contribution in [0.2, 0.25) is 0 Å². The van der Waals surface area contributed by atoms with Gasteiger partial charge in [0.25, 0.3) is 10.0 Å². The van der Waals surface area contributed by atoms with Crippen LogP contribution < -0.4 is 4.72 Å². The maximum atomic E-state index is 12.2. The Kier molecular flexibility index (Phi) is 3.34. The summed E-state index contributed by atoms with van der Waals surface area (Å²) >= 11 is 5.91. The molecular weight excluding hydrogens is 368 g/mol. The molecule has 1 aromatic carbocycles. The number of benzene rings is 1. The number of rotatable bonds is 3. The van der Waals surface area contributed by atoms with E-state index >= 15 is 0 Å². The van der Waals surface area contributed by atoms with Crippen molar-refractivity contribution in [2.75, 3.05) is 4.72 Å². The molecule has 0 atom stereocenters. The Balaban J connectivity index is 1.95. The third kappa shape index (κ3) is 2.66. The van der Waals surface area contributed by atoms with E-state index in [-0.39, 0.29) is 4.21 Å². The topological polar surface area (TPSA) is 59.1 Å². The molecule has 0 spiro atoms. The second-order valence-electron chi connectivity index (χ2n) is 3.70. The number of aromatic nitrogens is 1. The lowest BCUT2D eigenvalue weighted by Gasteiger charge is -2.05. The molecule has 0 unspecified atom stereocenters. The lowest BCUT2D eigenvalue weighted by atomic mass is 10.3. The maximum absolute atomic E-state index is 12.2. The van der Waals surface area contributed by atoms with Gasteiger partial charge in [0.05, 0.1) is 25.2 Å². The van der Waals surface area contributed by atoms with E-state index in [1.54, 1.807) is 35.8 Å². The molecule has 0 aliphatic rings. The van der Waals surface area contributed by atoms with Crippen molar-refractivity contribution in [3.05, 3.63) is 39.6 Å². The van der Waals surface area contributed by atoms with Gasteiger partial charge in [-0.1, -0.05) is 0 Å². The van der Waals surface area contributed by atoms with Crippen LogP contribution in [0.25, 0.3) is 10.2 Å². The monoisotopic (exact) mass is 374 g/mol. The smallest absolute Gasteiger partial charge is 0.271 e. The Morgan fingerprint density at radius 3 is 2.79 bits per heavy atom. The molecule has 1 N–H and O–H groups in total. The predicted octanol–water partition coefficient (Wildman–Crippen LogP) is 3.92. The molecule has 0 aliphatic heterocycles. The van der Waals surface area contributed by atoms with E-state index in [4.69, 9.17) is 0 Å². The summed E-state index contributed by atoms with van der Waals surface area (Å²) in [6.07, 6.45) is 0. The van der Waals surface area contributed by atoms with Gasteiger partial charge < -0.3 is 0 Å². The quantitative estimate of drug-likeness (QED) is 0.755. The SMILES string of the molecule is O=S(=O)(Nc1ccc2ncsc2c1)c1ccc(Br)s1. The Morgan fingerprint density at radius 2 is 2.05 bits per heavy atom. The summed E-state index contributed by atoms with van der Waals surface area (Å²) in [6, 6.07) is 8.58. The molecule has 0 bridgehead atoms. The van der Waals surface area contributed by atoms with Crippen molar-refractivity contribution in [1.29, 1.82) is 0 Å². The van der Waals surface area contributed by atoms with Crippen molar-refractivity contribution >= 4 is 64.5 Å². The second kappa shape index (κ2) is 4.86. The number of nitrogens with one attached hydrogen (secondary N) is 1. The fourth-order valence-electron chi connectivity index (χ4n) is 1.57.